The van der Waals surface area contributed by atoms with Crippen molar-refractivity contribution in [2.24, 2.45) is 0 Å². The Labute approximate surface area is 200 Å². The van der Waals surface area contributed by atoms with Crippen LogP contribution in [0.1, 0.15) is 25.7 Å². The van der Waals surface area contributed by atoms with Gasteiger partial charge in [0.2, 0.25) is 11.8 Å². The van der Waals surface area contributed by atoms with Crippen LogP contribution in [0.2, 0.25) is 0 Å². The lowest BCUT2D eigenvalue weighted by atomic mass is 10.0. The van der Waals surface area contributed by atoms with Crippen molar-refractivity contribution in [3.63, 3.8) is 0 Å². The molecule has 4 rings (SSSR count). The van der Waals surface area contributed by atoms with E-state index in [1.807, 2.05) is 109 Å². The molecule has 170 valence electrons. The number of benzene rings is 4. The van der Waals surface area contributed by atoms with Gasteiger partial charge >= 0.3 is 0 Å². The molecule has 4 heteroatoms. The average Bonchev–Trinajstić information content (AvgIpc) is 2.88. The summed E-state index contributed by atoms with van der Waals surface area (Å²) in [6.07, 6.45) is 2.04. The molecule has 0 saturated carbocycles. The summed E-state index contributed by atoms with van der Waals surface area (Å²) >= 11 is 0. The minimum atomic E-state index is -0.0433. The van der Waals surface area contributed by atoms with Crippen molar-refractivity contribution in [3.8, 4) is 22.3 Å². The van der Waals surface area contributed by atoms with E-state index in [1.165, 1.54) is 0 Å². The number of anilines is 2. The van der Waals surface area contributed by atoms with E-state index in [2.05, 4.69) is 10.6 Å². The molecule has 2 N–H and O–H groups in total. The molecular weight excluding hydrogens is 420 g/mol. The van der Waals surface area contributed by atoms with Crippen molar-refractivity contribution in [1.82, 2.24) is 0 Å². The number of nitrogens with one attached hydrogen (secondary N) is 2. The average molecular weight is 449 g/mol. The number of carbonyl (C=O) groups excluding carboxylic acids is 2. The summed E-state index contributed by atoms with van der Waals surface area (Å²) in [6, 6.07) is 35.6. The van der Waals surface area contributed by atoms with Gasteiger partial charge in [-0.25, -0.2) is 0 Å². The van der Waals surface area contributed by atoms with Gasteiger partial charge in [-0.3, -0.25) is 9.59 Å². The molecule has 2 amide bonds. The SMILES string of the molecule is O=C(CCCCC(=O)Nc1ccccc1-c1ccccc1)Nc1ccccc1-c1ccccc1. The van der Waals surface area contributed by atoms with Crippen LogP contribution in [0, 0.1) is 0 Å². The van der Waals surface area contributed by atoms with E-state index in [9.17, 15) is 9.59 Å². The third-order valence-electron chi connectivity index (χ3n) is 5.63. The second kappa shape index (κ2) is 11.6. The number of unbranched alkanes of at least 4 members (excludes halogenated alkanes) is 1. The second-order valence-corrected chi connectivity index (χ2v) is 8.13. The van der Waals surface area contributed by atoms with Crippen LogP contribution in [0.5, 0.6) is 0 Å². The van der Waals surface area contributed by atoms with Gasteiger partial charge in [0.05, 0.1) is 0 Å². The highest BCUT2D eigenvalue weighted by atomic mass is 16.2. The molecule has 4 aromatic rings. The van der Waals surface area contributed by atoms with Crippen LogP contribution < -0.4 is 10.6 Å². The van der Waals surface area contributed by atoms with Crippen LogP contribution in [0.4, 0.5) is 11.4 Å². The third-order valence-corrected chi connectivity index (χ3v) is 5.63. The molecule has 4 aromatic carbocycles. The van der Waals surface area contributed by atoms with Gasteiger partial charge in [0.1, 0.15) is 0 Å². The largest absolute Gasteiger partial charge is 0.326 e. The monoisotopic (exact) mass is 448 g/mol. The van der Waals surface area contributed by atoms with Gasteiger partial charge in [-0.1, -0.05) is 97.1 Å². The Balaban J connectivity index is 1.26. The van der Waals surface area contributed by atoms with Crippen LogP contribution in [0.15, 0.2) is 109 Å². The number of hydrogen-bond acceptors (Lipinski definition) is 2. The highest BCUT2D eigenvalue weighted by Gasteiger charge is 2.10. The zero-order valence-corrected chi connectivity index (χ0v) is 19.0. The minimum absolute atomic E-state index is 0.0433. The Kier molecular flexibility index (Phi) is 7.86. The standard InChI is InChI=1S/C30H28N2O2/c33-29(31-27-19-9-7-17-25(27)23-13-3-1-4-14-23)21-11-12-22-30(34)32-28-20-10-8-18-26(28)24-15-5-2-6-16-24/h1-10,13-20H,11-12,21-22H2,(H,31,33)(H,32,34). The molecule has 34 heavy (non-hydrogen) atoms. The molecule has 0 fully saturated rings. The molecule has 0 unspecified atom stereocenters. The van der Waals surface area contributed by atoms with Crippen molar-refractivity contribution >= 4 is 23.2 Å². The molecule has 0 spiro atoms. The molecular formula is C30H28N2O2. The third kappa shape index (κ3) is 6.20. The molecule has 0 radical (unpaired) electrons. The van der Waals surface area contributed by atoms with E-state index in [1.54, 1.807) is 0 Å². The summed E-state index contributed by atoms with van der Waals surface area (Å²) in [5.74, 6) is -0.0866. The fraction of sp³-hybridized carbons (Fsp3) is 0.133. The summed E-state index contributed by atoms with van der Waals surface area (Å²) in [4.78, 5) is 25.0. The Bertz CT molecular complexity index is 1140. The highest BCUT2D eigenvalue weighted by Crippen LogP contribution is 2.29. The summed E-state index contributed by atoms with van der Waals surface area (Å²) in [5.41, 5.74) is 5.71. The van der Waals surface area contributed by atoms with Gasteiger partial charge in [0.25, 0.3) is 0 Å². The molecule has 0 bridgehead atoms. The summed E-state index contributed by atoms with van der Waals surface area (Å²) in [6.45, 7) is 0. The van der Waals surface area contributed by atoms with E-state index in [0.29, 0.717) is 25.7 Å². The van der Waals surface area contributed by atoms with Crippen molar-refractivity contribution < 1.29 is 9.59 Å². The number of hydrogen-bond donors (Lipinski definition) is 2. The van der Waals surface area contributed by atoms with Gasteiger partial charge in [-0.2, -0.15) is 0 Å². The van der Waals surface area contributed by atoms with Crippen molar-refractivity contribution in [1.29, 1.82) is 0 Å². The maximum atomic E-state index is 12.5. The predicted octanol–water partition coefficient (Wildman–Crippen LogP) is 7.16. The van der Waals surface area contributed by atoms with Crippen LogP contribution >= 0.6 is 0 Å². The smallest absolute Gasteiger partial charge is 0.224 e. The lowest BCUT2D eigenvalue weighted by Gasteiger charge is -2.12. The van der Waals surface area contributed by atoms with E-state index >= 15 is 0 Å². The highest BCUT2D eigenvalue weighted by molar-refractivity contribution is 5.96. The van der Waals surface area contributed by atoms with Gasteiger partial charge in [0, 0.05) is 35.3 Å². The molecule has 0 aliphatic heterocycles. The van der Waals surface area contributed by atoms with E-state index in [0.717, 1.165) is 33.6 Å². The van der Waals surface area contributed by atoms with Crippen LogP contribution in [0.25, 0.3) is 22.3 Å². The Morgan fingerprint density at radius 1 is 0.471 bits per heavy atom. The molecule has 0 atom stereocenters. The second-order valence-electron chi connectivity index (χ2n) is 8.13. The lowest BCUT2D eigenvalue weighted by Crippen LogP contribution is -2.14. The Morgan fingerprint density at radius 2 is 0.824 bits per heavy atom. The molecule has 4 nitrogen and oxygen atoms in total. The predicted molar refractivity (Wildman–Crippen MR) is 139 cm³/mol. The molecule has 0 aliphatic rings. The van der Waals surface area contributed by atoms with Crippen molar-refractivity contribution in [3.05, 3.63) is 109 Å². The Morgan fingerprint density at radius 3 is 1.24 bits per heavy atom. The molecule has 0 aliphatic carbocycles. The molecule has 0 heterocycles. The summed E-state index contributed by atoms with van der Waals surface area (Å²) < 4.78 is 0. The maximum absolute atomic E-state index is 12.5. The molecule has 0 aromatic heterocycles. The number of rotatable bonds is 9. The zero-order chi connectivity index (χ0) is 23.6. The van der Waals surface area contributed by atoms with Gasteiger partial charge in [-0.15, -0.1) is 0 Å². The van der Waals surface area contributed by atoms with Gasteiger partial charge < -0.3 is 10.6 Å². The topological polar surface area (TPSA) is 58.2 Å². The van der Waals surface area contributed by atoms with Crippen LogP contribution in [0.3, 0.4) is 0 Å². The first-order chi connectivity index (χ1) is 16.7. The summed E-state index contributed by atoms with van der Waals surface area (Å²) in [5, 5.41) is 6.05. The van der Waals surface area contributed by atoms with Crippen LogP contribution in [-0.2, 0) is 9.59 Å². The maximum Gasteiger partial charge on any atom is 0.224 e. The lowest BCUT2D eigenvalue weighted by molar-refractivity contribution is -0.118. The van der Waals surface area contributed by atoms with E-state index in [-0.39, 0.29) is 11.8 Å². The van der Waals surface area contributed by atoms with Gasteiger partial charge in [0.15, 0.2) is 0 Å². The van der Waals surface area contributed by atoms with Crippen molar-refractivity contribution in [2.75, 3.05) is 10.6 Å². The van der Waals surface area contributed by atoms with Crippen molar-refractivity contribution in [2.45, 2.75) is 25.7 Å². The Hall–Kier alpha value is -4.18. The fourth-order valence-electron chi connectivity index (χ4n) is 3.92. The van der Waals surface area contributed by atoms with Gasteiger partial charge in [-0.05, 0) is 36.1 Å². The quantitative estimate of drug-likeness (QED) is 0.267. The molecule has 0 saturated heterocycles. The number of carbonyl (C=O) groups is 2. The first kappa shape index (κ1) is 23.0. The van der Waals surface area contributed by atoms with E-state index in [4.69, 9.17) is 0 Å². The zero-order valence-electron chi connectivity index (χ0n) is 19.0. The fourth-order valence-corrected chi connectivity index (χ4v) is 3.92. The number of para-hydroxylation sites is 2. The first-order valence-corrected chi connectivity index (χ1v) is 11.6. The summed E-state index contributed by atoms with van der Waals surface area (Å²) in [7, 11) is 0. The van der Waals surface area contributed by atoms with E-state index < -0.39 is 0 Å². The minimum Gasteiger partial charge on any atom is -0.326 e. The normalized spacial score (nSPS) is 10.5. The number of amides is 2. The van der Waals surface area contributed by atoms with Crippen LogP contribution in [-0.4, -0.2) is 11.8 Å². The first-order valence-electron chi connectivity index (χ1n) is 11.6.